The van der Waals surface area contributed by atoms with E-state index >= 15 is 0 Å². The van der Waals surface area contributed by atoms with Crippen LogP contribution in [0.15, 0.2) is 5.38 Å². The maximum Gasteiger partial charge on any atom is 0.226 e. The number of thiophene rings is 1. The molecule has 0 radical (unpaired) electrons. The number of hydrogen-bond acceptors (Lipinski definition) is 6. The highest BCUT2D eigenvalue weighted by atomic mass is 32.1. The number of rotatable bonds is 5. The molecule has 17 heavy (non-hydrogen) atoms. The van der Waals surface area contributed by atoms with Crippen molar-refractivity contribution in [2.75, 3.05) is 30.7 Å². The minimum Gasteiger partial charge on any atom is -0.383 e. The van der Waals surface area contributed by atoms with Crippen LogP contribution in [0.25, 0.3) is 10.2 Å². The first-order chi connectivity index (χ1) is 8.22. The smallest absolute Gasteiger partial charge is 0.226 e. The summed E-state index contributed by atoms with van der Waals surface area (Å²) in [6.07, 6.45) is 0. The largest absolute Gasteiger partial charge is 0.383 e. The molecule has 0 aliphatic heterocycles. The van der Waals surface area contributed by atoms with Crippen LogP contribution in [0, 0.1) is 6.92 Å². The summed E-state index contributed by atoms with van der Waals surface area (Å²) < 4.78 is 0. The minimum absolute atomic E-state index is 0.555. The molecule has 92 valence electrons. The quantitative estimate of drug-likeness (QED) is 0.704. The van der Waals surface area contributed by atoms with Gasteiger partial charge in [0.2, 0.25) is 5.95 Å². The molecule has 4 N–H and O–H groups in total. The van der Waals surface area contributed by atoms with Crippen molar-refractivity contribution in [3.8, 4) is 0 Å². The van der Waals surface area contributed by atoms with E-state index < -0.39 is 0 Å². The monoisotopic (exact) mass is 251 g/mol. The molecule has 0 fully saturated rings. The first-order valence-corrected chi connectivity index (χ1v) is 6.56. The van der Waals surface area contributed by atoms with Gasteiger partial charge in [0.15, 0.2) is 0 Å². The molecule has 2 aromatic heterocycles. The second kappa shape index (κ2) is 5.29. The second-order valence-electron chi connectivity index (χ2n) is 3.81. The highest BCUT2D eigenvalue weighted by Crippen LogP contribution is 2.28. The Morgan fingerprint density at radius 1 is 1.35 bits per heavy atom. The molecular weight excluding hydrogens is 234 g/mol. The number of likely N-dealkylation sites (N-methyl/N-ethyl adjacent to an activating group) is 1. The third-order valence-electron chi connectivity index (χ3n) is 2.48. The van der Waals surface area contributed by atoms with Crippen LogP contribution in [0.1, 0.15) is 12.5 Å². The number of nitrogen functional groups attached to an aromatic ring is 1. The van der Waals surface area contributed by atoms with Crippen molar-refractivity contribution < 1.29 is 0 Å². The molecule has 2 aromatic rings. The number of nitrogens with two attached hydrogens (primary N) is 1. The van der Waals surface area contributed by atoms with E-state index in [0.29, 0.717) is 11.8 Å². The van der Waals surface area contributed by atoms with Gasteiger partial charge >= 0.3 is 0 Å². The van der Waals surface area contributed by atoms with E-state index in [-0.39, 0.29) is 0 Å². The van der Waals surface area contributed by atoms with E-state index in [2.05, 4.69) is 32.9 Å². The lowest BCUT2D eigenvalue weighted by molar-refractivity contribution is 0.736. The lowest BCUT2D eigenvalue weighted by Crippen LogP contribution is -2.22. The minimum atomic E-state index is 0.555. The van der Waals surface area contributed by atoms with Gasteiger partial charge in [-0.3, -0.25) is 0 Å². The predicted octanol–water partition coefficient (Wildman–Crippen LogP) is 1.60. The average Bonchev–Trinajstić information content (AvgIpc) is 2.67. The number of aromatic nitrogens is 2. The van der Waals surface area contributed by atoms with Crippen LogP contribution in [0.2, 0.25) is 0 Å². The lowest BCUT2D eigenvalue weighted by atomic mass is 10.2. The molecule has 2 heterocycles. The molecule has 0 aliphatic carbocycles. The Morgan fingerprint density at radius 2 is 2.18 bits per heavy atom. The van der Waals surface area contributed by atoms with E-state index in [9.17, 15) is 0 Å². The molecule has 0 saturated carbocycles. The van der Waals surface area contributed by atoms with Crippen molar-refractivity contribution in [1.29, 1.82) is 0 Å². The summed E-state index contributed by atoms with van der Waals surface area (Å²) in [5, 5.41) is 9.42. The Hall–Kier alpha value is -1.40. The van der Waals surface area contributed by atoms with Gasteiger partial charge in [-0.2, -0.15) is 4.98 Å². The fourth-order valence-corrected chi connectivity index (χ4v) is 2.56. The van der Waals surface area contributed by atoms with Gasteiger partial charge in [-0.15, -0.1) is 11.3 Å². The van der Waals surface area contributed by atoms with Crippen LogP contribution in [0.4, 0.5) is 11.8 Å². The van der Waals surface area contributed by atoms with Gasteiger partial charge in [-0.1, -0.05) is 6.92 Å². The van der Waals surface area contributed by atoms with Gasteiger partial charge in [0.25, 0.3) is 0 Å². The Labute approximate surface area is 104 Å². The average molecular weight is 251 g/mol. The molecular formula is C11H17N5S. The molecule has 0 unspecified atom stereocenters. The first-order valence-electron chi connectivity index (χ1n) is 5.68. The second-order valence-corrected chi connectivity index (χ2v) is 4.67. The molecule has 2 rings (SSSR count). The van der Waals surface area contributed by atoms with Crippen LogP contribution in [-0.4, -0.2) is 29.6 Å². The maximum atomic E-state index is 5.93. The first kappa shape index (κ1) is 12.1. The summed E-state index contributed by atoms with van der Waals surface area (Å²) in [7, 11) is 0. The van der Waals surface area contributed by atoms with Crippen LogP contribution >= 0.6 is 11.3 Å². The zero-order valence-corrected chi connectivity index (χ0v) is 10.9. The third kappa shape index (κ3) is 2.65. The zero-order valence-electron chi connectivity index (χ0n) is 10.1. The topological polar surface area (TPSA) is 75.9 Å². The molecule has 0 aliphatic rings. The third-order valence-corrected chi connectivity index (χ3v) is 3.47. The predicted molar refractivity (Wildman–Crippen MR) is 73.6 cm³/mol. The van der Waals surface area contributed by atoms with Crippen molar-refractivity contribution in [3.05, 3.63) is 10.9 Å². The van der Waals surface area contributed by atoms with E-state index in [1.165, 1.54) is 0 Å². The van der Waals surface area contributed by atoms with Crippen molar-refractivity contribution in [2.24, 2.45) is 0 Å². The van der Waals surface area contributed by atoms with E-state index in [1.807, 2.05) is 6.92 Å². The highest BCUT2D eigenvalue weighted by molar-refractivity contribution is 7.17. The Kier molecular flexibility index (Phi) is 3.75. The zero-order chi connectivity index (χ0) is 12.3. The van der Waals surface area contributed by atoms with Gasteiger partial charge in [-0.05, 0) is 24.4 Å². The van der Waals surface area contributed by atoms with Crippen LogP contribution < -0.4 is 16.4 Å². The summed E-state index contributed by atoms with van der Waals surface area (Å²) in [5.41, 5.74) is 7.07. The molecule has 5 nitrogen and oxygen atoms in total. The van der Waals surface area contributed by atoms with Crippen molar-refractivity contribution >= 4 is 33.3 Å². The van der Waals surface area contributed by atoms with Crippen molar-refractivity contribution in [2.45, 2.75) is 13.8 Å². The summed E-state index contributed by atoms with van der Waals surface area (Å²) >= 11 is 1.60. The SMILES string of the molecule is CCNCCNc1nc(N)c2c(C)csc2n1. The van der Waals surface area contributed by atoms with E-state index in [0.717, 1.165) is 35.4 Å². The number of fused-ring (bicyclic) bond motifs is 1. The maximum absolute atomic E-state index is 5.93. The molecule has 0 spiro atoms. The molecule has 0 aromatic carbocycles. The number of nitrogens with zero attached hydrogens (tertiary/aromatic N) is 2. The van der Waals surface area contributed by atoms with Crippen LogP contribution in [0.5, 0.6) is 0 Å². The molecule has 0 atom stereocenters. The van der Waals surface area contributed by atoms with Gasteiger partial charge < -0.3 is 16.4 Å². The van der Waals surface area contributed by atoms with Gasteiger partial charge in [0.05, 0.1) is 5.39 Å². The number of aryl methyl sites for hydroxylation is 1. The van der Waals surface area contributed by atoms with E-state index in [4.69, 9.17) is 5.73 Å². The molecule has 0 bridgehead atoms. The van der Waals surface area contributed by atoms with Crippen LogP contribution in [-0.2, 0) is 0 Å². The van der Waals surface area contributed by atoms with Gasteiger partial charge in [-0.25, -0.2) is 4.98 Å². The Morgan fingerprint density at radius 3 is 2.94 bits per heavy atom. The molecule has 6 heteroatoms. The normalized spacial score (nSPS) is 10.9. The molecule has 0 amide bonds. The van der Waals surface area contributed by atoms with E-state index in [1.54, 1.807) is 11.3 Å². The fraction of sp³-hybridized carbons (Fsp3) is 0.455. The summed E-state index contributed by atoms with van der Waals surface area (Å²) in [4.78, 5) is 9.65. The number of nitrogens with one attached hydrogen (secondary N) is 2. The number of hydrogen-bond donors (Lipinski definition) is 3. The lowest BCUT2D eigenvalue weighted by Gasteiger charge is -2.06. The van der Waals surface area contributed by atoms with Gasteiger partial charge in [0, 0.05) is 13.1 Å². The summed E-state index contributed by atoms with van der Waals surface area (Å²) in [5.74, 6) is 1.16. The summed E-state index contributed by atoms with van der Waals surface area (Å²) in [6.45, 7) is 6.75. The Bertz CT molecular complexity index is 508. The van der Waals surface area contributed by atoms with Crippen molar-refractivity contribution in [1.82, 2.24) is 15.3 Å². The highest BCUT2D eigenvalue weighted by Gasteiger charge is 2.08. The summed E-state index contributed by atoms with van der Waals surface area (Å²) in [6, 6.07) is 0. The standard InChI is InChI=1S/C11H17N5S/c1-3-13-4-5-14-11-15-9(12)8-7(2)6-17-10(8)16-11/h6,13H,3-5H2,1-2H3,(H3,12,14,15,16). The fourth-order valence-electron chi connectivity index (χ4n) is 1.63. The Balaban J connectivity index is 2.14. The molecule has 0 saturated heterocycles. The number of anilines is 2. The van der Waals surface area contributed by atoms with Crippen LogP contribution in [0.3, 0.4) is 0 Å². The van der Waals surface area contributed by atoms with Gasteiger partial charge in [0.1, 0.15) is 10.6 Å². The van der Waals surface area contributed by atoms with Crippen molar-refractivity contribution in [3.63, 3.8) is 0 Å².